The molecule has 0 aliphatic carbocycles. The Labute approximate surface area is 736 Å². The van der Waals surface area contributed by atoms with Gasteiger partial charge in [0.25, 0.3) is 17.7 Å². The third-order valence-corrected chi connectivity index (χ3v) is 28.1. The molecule has 1 N–H and O–H groups in total. The number of halogens is 4. The molecule has 13 aromatic rings. The molecule has 0 spiro atoms. The van der Waals surface area contributed by atoms with Gasteiger partial charge in [0, 0.05) is 118 Å². The number of carbonyl (C=O) groups is 3. The van der Waals surface area contributed by atoms with E-state index in [9.17, 15) is 57.9 Å². The van der Waals surface area contributed by atoms with Gasteiger partial charge in [-0.05, 0) is 172 Å². The molecule has 3 amide bonds. The van der Waals surface area contributed by atoms with Gasteiger partial charge in [-0.15, -0.1) is 11.6 Å². The summed E-state index contributed by atoms with van der Waals surface area (Å²) in [4.78, 5) is 64.3. The van der Waals surface area contributed by atoms with Gasteiger partial charge < -0.3 is 39.1 Å². The van der Waals surface area contributed by atoms with Crippen molar-refractivity contribution in [3.63, 3.8) is 0 Å². The second-order valence-corrected chi connectivity index (χ2v) is 38.3. The second kappa shape index (κ2) is 38.9. The maximum Gasteiger partial charge on any atom is 0.258 e. The molecule has 652 valence electrons. The zero-order valence-electron chi connectivity index (χ0n) is 70.5. The lowest BCUT2D eigenvalue weighted by atomic mass is 9.99. The fourth-order valence-corrected chi connectivity index (χ4v) is 20.2. The van der Waals surface area contributed by atoms with E-state index in [1.54, 1.807) is 88.9 Å². The van der Waals surface area contributed by atoms with Crippen molar-refractivity contribution in [3.8, 4) is 17.2 Å². The van der Waals surface area contributed by atoms with Crippen molar-refractivity contribution in [1.82, 2.24) is 39.5 Å². The van der Waals surface area contributed by atoms with E-state index < -0.39 is 48.2 Å². The summed E-state index contributed by atoms with van der Waals surface area (Å²) < 4.78 is 139. The molecule has 16 rings (SSSR count). The summed E-state index contributed by atoms with van der Waals surface area (Å²) in [5, 5.41) is 12.5. The summed E-state index contributed by atoms with van der Waals surface area (Å²) in [6, 6.07) is 67.1. The fourth-order valence-electron chi connectivity index (χ4n) is 16.1. The minimum Gasteiger partial charge on any atom is -0.505 e. The molecular weight excluding hydrogens is 1690 g/mol. The largest absolute Gasteiger partial charge is 0.505 e. The van der Waals surface area contributed by atoms with Gasteiger partial charge in [0.15, 0.2) is 17.2 Å². The molecule has 3 aliphatic rings. The van der Waals surface area contributed by atoms with Crippen LogP contribution in [0.15, 0.2) is 249 Å². The van der Waals surface area contributed by atoms with Crippen LogP contribution in [-0.4, -0.2) is 173 Å². The lowest BCUT2D eigenvalue weighted by Crippen LogP contribution is -2.31. The van der Waals surface area contributed by atoms with Crippen LogP contribution in [0, 0.1) is 17.5 Å². The summed E-state index contributed by atoms with van der Waals surface area (Å²) in [6.07, 6.45) is 4.71. The van der Waals surface area contributed by atoms with Gasteiger partial charge in [-0.1, -0.05) is 158 Å². The van der Waals surface area contributed by atoms with Gasteiger partial charge >= 0.3 is 0 Å². The number of benzene rings is 10. The quantitative estimate of drug-likeness (QED) is 0.0396. The van der Waals surface area contributed by atoms with E-state index in [0.29, 0.717) is 92.6 Å². The highest BCUT2D eigenvalue weighted by Crippen LogP contribution is 2.51. The molecule has 0 saturated carbocycles. The molecule has 3 aromatic heterocycles. The minimum absolute atomic E-state index is 0.0543. The first-order valence-electron chi connectivity index (χ1n) is 40.9. The van der Waals surface area contributed by atoms with E-state index in [-0.39, 0.29) is 132 Å². The molecule has 0 unspecified atom stereocenters. The topological polar surface area (TPSA) is 257 Å². The van der Waals surface area contributed by atoms with Gasteiger partial charge in [-0.3, -0.25) is 42.3 Å². The first-order chi connectivity index (χ1) is 60.5. The van der Waals surface area contributed by atoms with E-state index in [1.807, 2.05) is 165 Å². The van der Waals surface area contributed by atoms with Crippen LogP contribution in [0.4, 0.5) is 30.2 Å². The van der Waals surface area contributed by atoms with Crippen molar-refractivity contribution in [3.05, 3.63) is 339 Å². The third kappa shape index (κ3) is 19.6. The summed E-state index contributed by atoms with van der Waals surface area (Å²) in [6.45, 7) is 2.19. The average Bonchev–Trinajstić information content (AvgIpc) is 1.52. The predicted octanol–water partition coefficient (Wildman–Crippen LogP) is 16.5. The number of fused-ring (bicyclic) bond motifs is 6. The summed E-state index contributed by atoms with van der Waals surface area (Å²) in [5.74, 6) is -1.96. The van der Waals surface area contributed by atoms with E-state index in [1.165, 1.54) is 81.6 Å². The monoisotopic (exact) mass is 1780 g/mol. The number of aromatic hydroxyl groups is 1. The molecule has 0 bridgehead atoms. The number of aromatic nitrogens is 3. The van der Waals surface area contributed by atoms with Crippen molar-refractivity contribution < 1.29 is 67.4 Å². The number of alkyl halides is 1. The van der Waals surface area contributed by atoms with Crippen LogP contribution in [0.2, 0.25) is 0 Å². The number of amides is 3. The zero-order chi connectivity index (χ0) is 89.3. The third-order valence-electron chi connectivity index (χ3n) is 22.3. The molecular formula is C96H95ClF3N11O12S3. The Kier molecular flexibility index (Phi) is 27.7. The van der Waals surface area contributed by atoms with Crippen LogP contribution in [0.25, 0.3) is 32.7 Å². The number of nitrogens with zero attached hydrogens (tertiary/aromatic N) is 11. The number of pyridine rings is 3. The Morgan fingerprint density at radius 2 is 0.659 bits per heavy atom. The van der Waals surface area contributed by atoms with Crippen LogP contribution in [-0.2, 0) is 69.3 Å². The molecule has 126 heavy (non-hydrogen) atoms. The van der Waals surface area contributed by atoms with Gasteiger partial charge in [0.1, 0.15) is 46.2 Å². The molecule has 6 heterocycles. The van der Waals surface area contributed by atoms with Crippen molar-refractivity contribution in [2.24, 2.45) is 0 Å². The number of ether oxygens (including phenoxy) is 2. The fraction of sp³-hybridized carbons (Fsp3) is 0.250. The van der Waals surface area contributed by atoms with Crippen LogP contribution < -0.4 is 22.4 Å². The highest BCUT2D eigenvalue weighted by molar-refractivity contribution is 7.93. The van der Waals surface area contributed by atoms with Crippen molar-refractivity contribution in [2.75, 3.05) is 98.5 Å². The Bertz CT molecular complexity index is 6430. The van der Waals surface area contributed by atoms with E-state index in [2.05, 4.69) is 9.97 Å². The van der Waals surface area contributed by atoms with Crippen LogP contribution in [0.1, 0.15) is 118 Å². The lowest BCUT2D eigenvalue weighted by molar-refractivity contribution is 0.0755. The Hall–Kier alpha value is -12.5. The first kappa shape index (κ1) is 89.8. The van der Waals surface area contributed by atoms with E-state index in [0.717, 1.165) is 38.9 Å². The van der Waals surface area contributed by atoms with Gasteiger partial charge in [0.05, 0.1) is 51.0 Å². The molecule has 0 saturated heterocycles. The highest BCUT2D eigenvalue weighted by atomic mass is 35.5. The maximum atomic E-state index is 14.4. The molecule has 10 aromatic carbocycles. The summed E-state index contributed by atoms with van der Waals surface area (Å²) in [5.41, 5.74) is 9.88. The normalized spacial score (nSPS) is 13.2. The summed E-state index contributed by atoms with van der Waals surface area (Å²) >= 11 is 5.86. The summed E-state index contributed by atoms with van der Waals surface area (Å²) in [7, 11) is 0.785. The number of hydrogen-bond acceptors (Lipinski definition) is 17. The van der Waals surface area contributed by atoms with Gasteiger partial charge in [-0.25, -0.2) is 38.4 Å². The number of anilines is 3. The number of phenols is 1. The standard InChI is InChI=1S/C37H37FN4O4S.C35H31ClFN3O4S.C24H27FN4O4S/c1-40(2)22-11-23-47(44,45)41(3)34-30-16-10-21-39-33(30)36(46-35(27-12-6-4-7-13-27)28-14-8-5-9-15-28)32-31(34)25-42(37(32)43)24-26-17-19-29(38)20-18-26;1-39(45(42,43)21-9-19-36)32-28-14-8-20-38-31(28)34(44-33(25-10-4-2-5-11-25)26-12-6-3-7-13-26)30-29(32)23-40(35(30)41)22-24-15-17-27(37)18-16-24;1-27(2)12-5-13-34(32,33)28(3)22-18-6-4-11-26-21(18)23(30)20-19(22)15-29(24(20)31)14-16-7-9-17(25)10-8-16/h4-10,12-21,35H,11,22-25H2,1-3H3;2-8,10-18,20,33H,9,19,21-23H2,1H3;4,6-11,30H,5,12-15H2,1-3H3. The van der Waals surface area contributed by atoms with Crippen LogP contribution in [0.5, 0.6) is 17.2 Å². The molecule has 23 nitrogen and oxygen atoms in total. The molecule has 0 atom stereocenters. The Morgan fingerprint density at radius 1 is 0.381 bits per heavy atom. The molecule has 0 radical (unpaired) electrons. The predicted molar refractivity (Wildman–Crippen MR) is 486 cm³/mol. The van der Waals surface area contributed by atoms with E-state index in [4.69, 9.17) is 26.1 Å². The van der Waals surface area contributed by atoms with Crippen LogP contribution >= 0.6 is 11.6 Å². The lowest BCUT2D eigenvalue weighted by Gasteiger charge is -2.27. The molecule has 0 fully saturated rings. The maximum absolute atomic E-state index is 14.4. The van der Waals surface area contributed by atoms with Gasteiger partial charge in [0.2, 0.25) is 30.1 Å². The van der Waals surface area contributed by atoms with Gasteiger partial charge in [-0.2, -0.15) is 0 Å². The first-order valence-corrected chi connectivity index (χ1v) is 46.3. The molecule has 3 aliphatic heterocycles. The van der Waals surface area contributed by atoms with Crippen molar-refractivity contribution in [1.29, 1.82) is 0 Å². The number of phenolic OH excluding ortho intramolecular Hbond substituents is 1. The Balaban J connectivity index is 0.000000155. The number of rotatable bonds is 31. The van der Waals surface area contributed by atoms with Crippen molar-refractivity contribution in [2.45, 2.75) is 70.7 Å². The number of hydrogen-bond donors (Lipinski definition) is 1. The van der Waals surface area contributed by atoms with Crippen molar-refractivity contribution >= 4 is 109 Å². The van der Waals surface area contributed by atoms with E-state index >= 15 is 0 Å². The number of sulfonamides is 3. The minimum atomic E-state index is -3.80. The zero-order valence-corrected chi connectivity index (χ0v) is 73.7. The van der Waals surface area contributed by atoms with Crippen LogP contribution in [0.3, 0.4) is 0 Å². The highest BCUT2D eigenvalue weighted by Gasteiger charge is 2.43. The SMILES string of the molecule is CN(C)CCCS(=O)(=O)N(C)c1c2c(c(O)c3ncccc13)C(=O)N(Cc1ccc(F)cc1)C2.CN(C)CCCS(=O)(=O)N(C)c1c2c(c(OC(c3ccccc3)c3ccccc3)c3ncccc13)C(=O)N(Cc1ccc(F)cc1)C2.CN(c1c2c(c(OC(c3ccccc3)c3ccccc3)c3ncccc13)C(=O)N(Cc1ccc(F)cc1)C2)S(=O)(=O)CCCCl. The second-order valence-electron chi connectivity index (χ2n) is 31.5. The molecule has 30 heteroatoms. The smallest absolute Gasteiger partial charge is 0.258 e. The number of carbonyl (C=O) groups excluding carboxylic acids is 3. The average molecular weight is 1780 g/mol. The Morgan fingerprint density at radius 3 is 0.960 bits per heavy atom.